The molecule has 0 aliphatic heterocycles. The molecule has 0 unspecified atom stereocenters. The Hall–Kier alpha value is -0.580. The first-order valence-electron chi connectivity index (χ1n) is 6.30. The molecule has 0 aromatic rings. The zero-order chi connectivity index (χ0) is 14.6. The molecule has 4 nitrogen and oxygen atoms in total. The van der Waals surface area contributed by atoms with E-state index in [-0.39, 0.29) is 23.6 Å². The molecular weight excluding hydrogens is 250 g/mol. The average molecular weight is 277 g/mol. The molecule has 0 saturated carbocycles. The topological polar surface area (TPSA) is 63.2 Å². The monoisotopic (exact) mass is 277 g/mol. The molecule has 1 N–H and O–H groups in total. The quantitative estimate of drug-likeness (QED) is 0.807. The second kappa shape index (κ2) is 6.04. The Morgan fingerprint density at radius 3 is 1.94 bits per heavy atom. The van der Waals surface area contributed by atoms with E-state index in [0.717, 1.165) is 12.8 Å². The van der Waals surface area contributed by atoms with Crippen LogP contribution in [-0.2, 0) is 14.6 Å². The van der Waals surface area contributed by atoms with Gasteiger partial charge in [-0.1, -0.05) is 34.6 Å². The molecule has 5 heteroatoms. The number of carbonyl (C=O) groups excluding carboxylic acids is 1. The Balaban J connectivity index is 4.23. The number of sulfone groups is 1. The van der Waals surface area contributed by atoms with Crippen molar-refractivity contribution in [2.45, 2.75) is 47.5 Å². The van der Waals surface area contributed by atoms with Crippen LogP contribution in [0.2, 0.25) is 0 Å². The van der Waals surface area contributed by atoms with Crippen LogP contribution >= 0.6 is 0 Å². The number of hydrogen-bond donors (Lipinski definition) is 1. The van der Waals surface area contributed by atoms with Crippen molar-refractivity contribution in [1.82, 2.24) is 5.32 Å². The van der Waals surface area contributed by atoms with Crippen LogP contribution in [-0.4, -0.2) is 32.9 Å². The van der Waals surface area contributed by atoms with Crippen molar-refractivity contribution in [2.24, 2.45) is 10.8 Å². The minimum atomic E-state index is -3.02. The Labute approximate surface area is 111 Å². The molecule has 0 rings (SSSR count). The fraction of sp³-hybridized carbons (Fsp3) is 0.923. The van der Waals surface area contributed by atoms with Gasteiger partial charge in [-0.25, -0.2) is 8.42 Å². The standard InChI is InChI=1S/C13H27NO3S/c1-12(2,3)7-8-13(4,5)11(15)14-9-10-18(6,16)17/h7-10H2,1-6H3,(H,14,15). The Morgan fingerprint density at radius 2 is 1.56 bits per heavy atom. The van der Waals surface area contributed by atoms with Gasteiger partial charge in [0.1, 0.15) is 9.84 Å². The largest absolute Gasteiger partial charge is 0.355 e. The van der Waals surface area contributed by atoms with Crippen molar-refractivity contribution in [2.75, 3.05) is 18.6 Å². The van der Waals surface area contributed by atoms with Gasteiger partial charge in [0.25, 0.3) is 0 Å². The van der Waals surface area contributed by atoms with Crippen LogP contribution < -0.4 is 5.32 Å². The van der Waals surface area contributed by atoms with Crippen LogP contribution in [0.25, 0.3) is 0 Å². The zero-order valence-electron chi connectivity index (χ0n) is 12.5. The van der Waals surface area contributed by atoms with Crippen LogP contribution in [0.15, 0.2) is 0 Å². The summed E-state index contributed by atoms with van der Waals surface area (Å²) in [6.07, 6.45) is 2.92. The fourth-order valence-electron chi connectivity index (χ4n) is 1.39. The van der Waals surface area contributed by atoms with Gasteiger partial charge in [0, 0.05) is 18.2 Å². The third-order valence-electron chi connectivity index (χ3n) is 2.87. The lowest BCUT2D eigenvalue weighted by atomic mass is 9.79. The summed E-state index contributed by atoms with van der Waals surface area (Å²) in [5.74, 6) is -0.0796. The lowest BCUT2D eigenvalue weighted by molar-refractivity contribution is -0.129. The maximum atomic E-state index is 12.0. The fourth-order valence-corrected chi connectivity index (χ4v) is 1.86. The van der Waals surface area contributed by atoms with Crippen molar-refractivity contribution >= 4 is 15.7 Å². The molecule has 18 heavy (non-hydrogen) atoms. The summed E-state index contributed by atoms with van der Waals surface area (Å²) in [5, 5.41) is 2.70. The molecule has 0 spiro atoms. The Kier molecular flexibility index (Phi) is 5.85. The summed E-state index contributed by atoms with van der Waals surface area (Å²) in [6, 6.07) is 0. The van der Waals surface area contributed by atoms with E-state index in [1.807, 2.05) is 13.8 Å². The Bertz CT molecular complexity index is 378. The molecule has 0 aromatic carbocycles. The molecular formula is C13H27NO3S. The third kappa shape index (κ3) is 8.50. The first kappa shape index (κ1) is 17.4. The lowest BCUT2D eigenvalue weighted by Crippen LogP contribution is -2.39. The SMILES string of the molecule is CC(C)(C)CCC(C)(C)C(=O)NCCS(C)(=O)=O. The van der Waals surface area contributed by atoms with E-state index in [1.165, 1.54) is 6.26 Å². The van der Waals surface area contributed by atoms with E-state index in [9.17, 15) is 13.2 Å². The zero-order valence-corrected chi connectivity index (χ0v) is 13.3. The molecule has 0 fully saturated rings. The number of nitrogens with one attached hydrogen (secondary N) is 1. The van der Waals surface area contributed by atoms with Crippen LogP contribution in [0.3, 0.4) is 0 Å². The maximum Gasteiger partial charge on any atom is 0.225 e. The highest BCUT2D eigenvalue weighted by molar-refractivity contribution is 7.90. The first-order valence-corrected chi connectivity index (χ1v) is 8.36. The molecule has 0 atom stereocenters. The van der Waals surface area contributed by atoms with Crippen LogP contribution in [0.1, 0.15) is 47.5 Å². The summed E-state index contributed by atoms with van der Waals surface area (Å²) in [4.78, 5) is 12.0. The first-order chi connectivity index (χ1) is 7.83. The van der Waals surface area contributed by atoms with Gasteiger partial charge in [-0.2, -0.15) is 0 Å². The smallest absolute Gasteiger partial charge is 0.225 e. The van der Waals surface area contributed by atoms with E-state index in [2.05, 4.69) is 26.1 Å². The summed E-state index contributed by atoms with van der Waals surface area (Å²) >= 11 is 0. The van der Waals surface area contributed by atoms with Crippen LogP contribution in [0.5, 0.6) is 0 Å². The predicted octanol–water partition coefficient (Wildman–Crippen LogP) is 2.00. The van der Waals surface area contributed by atoms with Gasteiger partial charge in [-0.15, -0.1) is 0 Å². The van der Waals surface area contributed by atoms with E-state index in [4.69, 9.17) is 0 Å². The highest BCUT2D eigenvalue weighted by Gasteiger charge is 2.28. The highest BCUT2D eigenvalue weighted by Crippen LogP contribution is 2.30. The maximum absolute atomic E-state index is 12.0. The molecule has 1 amide bonds. The summed E-state index contributed by atoms with van der Waals surface area (Å²) < 4.78 is 21.9. The number of rotatable bonds is 6. The predicted molar refractivity (Wildman–Crippen MR) is 75.2 cm³/mol. The van der Waals surface area contributed by atoms with Gasteiger partial charge < -0.3 is 5.32 Å². The van der Waals surface area contributed by atoms with Crippen LogP contribution in [0.4, 0.5) is 0 Å². The minimum absolute atomic E-state index is 0.00586. The second-order valence-electron chi connectivity index (χ2n) is 6.83. The van der Waals surface area contributed by atoms with E-state index in [0.29, 0.717) is 0 Å². The third-order valence-corrected chi connectivity index (χ3v) is 3.82. The summed E-state index contributed by atoms with van der Waals surface area (Å²) in [6.45, 7) is 10.4. The molecule has 0 heterocycles. The van der Waals surface area contributed by atoms with E-state index < -0.39 is 15.3 Å². The van der Waals surface area contributed by atoms with E-state index >= 15 is 0 Å². The van der Waals surface area contributed by atoms with Gasteiger partial charge in [0.15, 0.2) is 0 Å². The van der Waals surface area contributed by atoms with Crippen LogP contribution in [0, 0.1) is 10.8 Å². The van der Waals surface area contributed by atoms with Gasteiger partial charge in [-0.3, -0.25) is 4.79 Å². The molecule has 0 aliphatic carbocycles. The number of carbonyl (C=O) groups is 1. The summed E-state index contributed by atoms with van der Waals surface area (Å²) in [7, 11) is -3.02. The van der Waals surface area contributed by atoms with Gasteiger partial charge in [-0.05, 0) is 18.3 Å². The molecule has 108 valence electrons. The molecule has 0 bridgehead atoms. The average Bonchev–Trinajstić information content (AvgIpc) is 2.11. The number of amides is 1. The molecule has 0 aliphatic rings. The lowest BCUT2D eigenvalue weighted by Gasteiger charge is -2.27. The number of hydrogen-bond acceptors (Lipinski definition) is 3. The van der Waals surface area contributed by atoms with Gasteiger partial charge >= 0.3 is 0 Å². The van der Waals surface area contributed by atoms with Crippen molar-refractivity contribution in [3.8, 4) is 0 Å². The highest BCUT2D eigenvalue weighted by atomic mass is 32.2. The van der Waals surface area contributed by atoms with E-state index in [1.54, 1.807) is 0 Å². The van der Waals surface area contributed by atoms with Crippen molar-refractivity contribution in [3.05, 3.63) is 0 Å². The minimum Gasteiger partial charge on any atom is -0.355 e. The second-order valence-corrected chi connectivity index (χ2v) is 9.09. The van der Waals surface area contributed by atoms with Gasteiger partial charge in [0.05, 0.1) is 5.75 Å². The van der Waals surface area contributed by atoms with Gasteiger partial charge in [0.2, 0.25) is 5.91 Å². The van der Waals surface area contributed by atoms with Crippen molar-refractivity contribution < 1.29 is 13.2 Å². The normalized spacial score (nSPS) is 13.4. The van der Waals surface area contributed by atoms with Crippen molar-refractivity contribution in [3.63, 3.8) is 0 Å². The summed E-state index contributed by atoms with van der Waals surface area (Å²) in [5.41, 5.74) is -0.255. The Morgan fingerprint density at radius 1 is 1.06 bits per heavy atom. The molecule has 0 radical (unpaired) electrons. The molecule has 0 aromatic heterocycles. The van der Waals surface area contributed by atoms with Crippen molar-refractivity contribution in [1.29, 1.82) is 0 Å². The molecule has 0 saturated heterocycles.